The molecule has 0 amide bonds. The van der Waals surface area contributed by atoms with Crippen LogP contribution in [0, 0.1) is 5.82 Å². The first-order valence-corrected chi connectivity index (χ1v) is 8.94. The lowest BCUT2D eigenvalue weighted by molar-refractivity contribution is -0.255. The van der Waals surface area contributed by atoms with Crippen LogP contribution in [0.5, 0.6) is 0 Å². The van der Waals surface area contributed by atoms with E-state index in [9.17, 15) is 19.1 Å². The molecule has 0 radical (unpaired) electrons. The Morgan fingerprint density at radius 1 is 1.11 bits per heavy atom. The Morgan fingerprint density at radius 2 is 1.81 bits per heavy atom. The highest BCUT2D eigenvalue weighted by Crippen LogP contribution is 2.30. The number of benzene rings is 2. The van der Waals surface area contributed by atoms with E-state index in [2.05, 4.69) is 4.98 Å². The van der Waals surface area contributed by atoms with Gasteiger partial charge in [0.2, 0.25) is 0 Å². The number of aromatic nitrogens is 2. The highest BCUT2D eigenvalue weighted by molar-refractivity contribution is 7.17. The summed E-state index contributed by atoms with van der Waals surface area (Å²) in [5.74, 6) is -1.59. The molecule has 0 saturated heterocycles. The van der Waals surface area contributed by atoms with E-state index < -0.39 is 5.97 Å². The number of carbonyl (C=O) groups excluding carboxylic acids is 1. The minimum absolute atomic E-state index is 0.0797. The van der Waals surface area contributed by atoms with Crippen LogP contribution in [0.4, 0.5) is 4.39 Å². The van der Waals surface area contributed by atoms with Crippen LogP contribution in [0.15, 0.2) is 65.0 Å². The van der Waals surface area contributed by atoms with Crippen molar-refractivity contribution in [1.82, 2.24) is 9.55 Å². The maximum Gasteiger partial charge on any atom is 0.263 e. The smallest absolute Gasteiger partial charge is 0.263 e. The standard InChI is InChI=1S/C20H13FN2O3S/c21-15-7-5-13(6-8-15)16-10-27-18-17(16)19(24)23(11-22-18)9-12-1-3-14(4-2-12)20(25)26/h1-8,10-11H,9H2,(H,25,26)/p-1. The quantitative estimate of drug-likeness (QED) is 0.546. The summed E-state index contributed by atoms with van der Waals surface area (Å²) in [5, 5.41) is 13.2. The molecule has 0 spiro atoms. The lowest BCUT2D eigenvalue weighted by Gasteiger charge is -2.08. The summed E-state index contributed by atoms with van der Waals surface area (Å²) < 4.78 is 14.7. The van der Waals surface area contributed by atoms with Crippen molar-refractivity contribution in [3.05, 3.63) is 87.5 Å². The van der Waals surface area contributed by atoms with Crippen LogP contribution >= 0.6 is 11.3 Å². The number of hydrogen-bond acceptors (Lipinski definition) is 5. The van der Waals surface area contributed by atoms with Gasteiger partial charge in [-0.25, -0.2) is 9.37 Å². The number of rotatable bonds is 4. The van der Waals surface area contributed by atoms with Crippen molar-refractivity contribution in [2.45, 2.75) is 6.54 Å². The third-order valence-corrected chi connectivity index (χ3v) is 5.14. The van der Waals surface area contributed by atoms with E-state index >= 15 is 0 Å². The second-order valence-corrected chi connectivity index (χ2v) is 6.86. The molecule has 2 aromatic carbocycles. The molecule has 0 atom stereocenters. The van der Waals surface area contributed by atoms with E-state index in [1.807, 2.05) is 5.38 Å². The fourth-order valence-electron chi connectivity index (χ4n) is 2.87. The second kappa shape index (κ2) is 6.77. The van der Waals surface area contributed by atoms with Crippen LogP contribution in [0.1, 0.15) is 15.9 Å². The van der Waals surface area contributed by atoms with Gasteiger partial charge in [0.1, 0.15) is 10.6 Å². The van der Waals surface area contributed by atoms with Crippen LogP contribution in [-0.2, 0) is 6.54 Å². The third-order valence-electron chi connectivity index (χ3n) is 4.26. The van der Waals surface area contributed by atoms with E-state index in [0.717, 1.165) is 11.1 Å². The maximum atomic E-state index is 13.2. The van der Waals surface area contributed by atoms with E-state index in [0.29, 0.717) is 15.8 Å². The number of nitrogens with zero attached hydrogens (tertiary/aromatic N) is 2. The van der Waals surface area contributed by atoms with Gasteiger partial charge in [-0.3, -0.25) is 9.36 Å². The molecule has 0 aliphatic carbocycles. The average molecular weight is 379 g/mol. The van der Waals surface area contributed by atoms with Gasteiger partial charge in [0, 0.05) is 10.9 Å². The van der Waals surface area contributed by atoms with Gasteiger partial charge < -0.3 is 9.90 Å². The summed E-state index contributed by atoms with van der Waals surface area (Å²) in [4.78, 5) is 28.8. The fourth-order valence-corrected chi connectivity index (χ4v) is 3.77. The van der Waals surface area contributed by atoms with Crippen molar-refractivity contribution in [1.29, 1.82) is 0 Å². The number of thiophene rings is 1. The molecule has 0 bridgehead atoms. The van der Waals surface area contributed by atoms with E-state index in [4.69, 9.17) is 0 Å². The Bertz CT molecular complexity index is 1190. The van der Waals surface area contributed by atoms with Crippen LogP contribution in [0.25, 0.3) is 21.3 Å². The van der Waals surface area contributed by atoms with Gasteiger partial charge >= 0.3 is 0 Å². The lowest BCUT2D eigenvalue weighted by Crippen LogP contribution is -2.22. The predicted octanol–water partition coefficient (Wildman–Crippen LogP) is 2.68. The van der Waals surface area contributed by atoms with Crippen molar-refractivity contribution in [2.24, 2.45) is 0 Å². The highest BCUT2D eigenvalue weighted by Gasteiger charge is 2.13. The Balaban J connectivity index is 1.75. The molecule has 0 aliphatic heterocycles. The predicted molar refractivity (Wildman–Crippen MR) is 99.1 cm³/mol. The first-order chi connectivity index (χ1) is 13.0. The molecule has 0 unspecified atom stereocenters. The lowest BCUT2D eigenvalue weighted by atomic mass is 10.1. The van der Waals surface area contributed by atoms with Gasteiger partial charge in [-0.2, -0.15) is 0 Å². The van der Waals surface area contributed by atoms with E-state index in [1.165, 1.54) is 46.5 Å². The Hall–Kier alpha value is -3.32. The van der Waals surface area contributed by atoms with Gasteiger partial charge in [0.05, 0.1) is 24.2 Å². The van der Waals surface area contributed by atoms with Gasteiger partial charge in [-0.05, 0) is 28.8 Å². The summed E-state index contributed by atoms with van der Waals surface area (Å²) in [5.41, 5.74) is 2.11. The summed E-state index contributed by atoms with van der Waals surface area (Å²) >= 11 is 1.36. The number of fused-ring (bicyclic) bond motifs is 1. The zero-order chi connectivity index (χ0) is 19.0. The monoisotopic (exact) mass is 379 g/mol. The summed E-state index contributed by atoms with van der Waals surface area (Å²) in [7, 11) is 0. The van der Waals surface area contributed by atoms with E-state index in [1.54, 1.807) is 24.3 Å². The molecule has 0 N–H and O–H groups in total. The average Bonchev–Trinajstić information content (AvgIpc) is 3.10. The number of carbonyl (C=O) groups is 1. The van der Waals surface area contributed by atoms with Gasteiger partial charge in [-0.15, -0.1) is 11.3 Å². The maximum absolute atomic E-state index is 13.2. The minimum Gasteiger partial charge on any atom is -0.545 e. The molecule has 4 aromatic rings. The molecular formula is C20H12FN2O3S-. The SMILES string of the molecule is O=C([O-])c1ccc(Cn2cnc3scc(-c4ccc(F)cc4)c3c2=O)cc1. The van der Waals surface area contributed by atoms with Crippen molar-refractivity contribution >= 4 is 27.5 Å². The number of hydrogen-bond donors (Lipinski definition) is 0. The molecule has 0 aliphatic rings. The molecule has 5 nitrogen and oxygen atoms in total. The summed E-state index contributed by atoms with van der Waals surface area (Å²) in [6, 6.07) is 12.1. The topological polar surface area (TPSA) is 75.0 Å². The molecule has 134 valence electrons. The number of aromatic carboxylic acids is 1. The molecule has 2 aromatic heterocycles. The Kier molecular flexibility index (Phi) is 4.29. The molecule has 0 saturated carbocycles. The largest absolute Gasteiger partial charge is 0.545 e. The van der Waals surface area contributed by atoms with E-state index in [-0.39, 0.29) is 23.5 Å². The normalized spacial score (nSPS) is 11.0. The fraction of sp³-hybridized carbons (Fsp3) is 0.0500. The van der Waals surface area contributed by atoms with Gasteiger partial charge in [-0.1, -0.05) is 36.4 Å². The summed E-state index contributed by atoms with van der Waals surface area (Å²) in [6.07, 6.45) is 1.47. The van der Waals surface area contributed by atoms with Crippen LogP contribution in [0.3, 0.4) is 0 Å². The Morgan fingerprint density at radius 3 is 2.48 bits per heavy atom. The summed E-state index contributed by atoms with van der Waals surface area (Å²) in [6.45, 7) is 0.258. The highest BCUT2D eigenvalue weighted by atomic mass is 32.1. The zero-order valence-corrected chi connectivity index (χ0v) is 14.7. The Labute approximate surface area is 157 Å². The molecule has 7 heteroatoms. The van der Waals surface area contributed by atoms with Crippen LogP contribution in [-0.4, -0.2) is 15.5 Å². The second-order valence-electron chi connectivity index (χ2n) is 6.00. The van der Waals surface area contributed by atoms with Crippen molar-refractivity contribution < 1.29 is 14.3 Å². The zero-order valence-electron chi connectivity index (χ0n) is 13.9. The van der Waals surface area contributed by atoms with Crippen LogP contribution < -0.4 is 10.7 Å². The van der Waals surface area contributed by atoms with Crippen LogP contribution in [0.2, 0.25) is 0 Å². The van der Waals surface area contributed by atoms with Gasteiger partial charge in [0.25, 0.3) is 5.56 Å². The van der Waals surface area contributed by atoms with Gasteiger partial charge in [0.15, 0.2) is 0 Å². The molecular weight excluding hydrogens is 367 g/mol. The van der Waals surface area contributed by atoms with Crippen molar-refractivity contribution in [2.75, 3.05) is 0 Å². The first-order valence-electron chi connectivity index (χ1n) is 8.06. The number of carboxylic acid groups (broad SMARTS) is 1. The minimum atomic E-state index is -1.25. The first kappa shape index (κ1) is 17.1. The molecule has 2 heterocycles. The molecule has 4 rings (SSSR count). The third kappa shape index (κ3) is 3.24. The molecule has 27 heavy (non-hydrogen) atoms. The molecule has 0 fully saturated rings. The van der Waals surface area contributed by atoms with Crippen molar-refractivity contribution in [3.8, 4) is 11.1 Å². The van der Waals surface area contributed by atoms with Crippen molar-refractivity contribution in [3.63, 3.8) is 0 Å². The number of carboxylic acids is 1. The number of halogens is 1.